The first kappa shape index (κ1) is 15.6. The van der Waals surface area contributed by atoms with Gasteiger partial charge in [-0.15, -0.1) is 0 Å². The average molecular weight is 304 g/mol. The summed E-state index contributed by atoms with van der Waals surface area (Å²) in [5, 5.41) is 2.89. The van der Waals surface area contributed by atoms with Gasteiger partial charge in [0, 0.05) is 19.2 Å². The molecule has 0 saturated carbocycles. The van der Waals surface area contributed by atoms with Crippen molar-refractivity contribution < 1.29 is 9.59 Å². The molecule has 3 N–H and O–H groups in total. The number of carbonyl (C=O) groups excluding carboxylic acids is 2. The number of nitrogens with two attached hydrogens (primary N) is 1. The number of nitrogen functional groups attached to an aromatic ring is 1. The Morgan fingerprint density at radius 2 is 2.00 bits per heavy atom. The molecular formula is C12H15Cl2N3O2. The molecule has 19 heavy (non-hydrogen) atoms. The Morgan fingerprint density at radius 1 is 1.37 bits per heavy atom. The lowest BCUT2D eigenvalue weighted by Gasteiger charge is -2.20. The normalized spacial score (nSPS) is 10.1. The van der Waals surface area contributed by atoms with Crippen molar-refractivity contribution in [2.75, 3.05) is 25.9 Å². The van der Waals surface area contributed by atoms with Crippen LogP contribution in [-0.2, 0) is 4.79 Å². The van der Waals surface area contributed by atoms with E-state index in [4.69, 9.17) is 28.9 Å². The van der Waals surface area contributed by atoms with Crippen LogP contribution >= 0.6 is 23.2 Å². The van der Waals surface area contributed by atoms with Crippen molar-refractivity contribution >= 4 is 40.7 Å². The number of nitrogens with one attached hydrogen (secondary N) is 1. The molecule has 1 aromatic rings. The molecule has 0 bridgehead atoms. The SMILES string of the molecule is CCN(CC(=O)NC)C(=O)c1cc(N)c(Cl)c(Cl)c1. The van der Waals surface area contributed by atoms with E-state index < -0.39 is 0 Å². The highest BCUT2D eigenvalue weighted by Crippen LogP contribution is 2.29. The second-order valence-electron chi connectivity index (χ2n) is 3.85. The van der Waals surface area contributed by atoms with E-state index in [0.29, 0.717) is 12.1 Å². The number of halogens is 2. The minimum absolute atomic E-state index is 0.0218. The first-order valence-corrected chi connectivity index (χ1v) is 6.40. The molecule has 0 aromatic heterocycles. The van der Waals surface area contributed by atoms with Gasteiger partial charge < -0.3 is 16.0 Å². The van der Waals surface area contributed by atoms with E-state index in [1.807, 2.05) is 0 Å². The van der Waals surface area contributed by atoms with Crippen LogP contribution in [0.2, 0.25) is 10.0 Å². The van der Waals surface area contributed by atoms with Crippen molar-refractivity contribution in [3.63, 3.8) is 0 Å². The van der Waals surface area contributed by atoms with Crippen molar-refractivity contribution in [3.05, 3.63) is 27.7 Å². The average Bonchev–Trinajstić information content (AvgIpc) is 2.40. The van der Waals surface area contributed by atoms with Crippen molar-refractivity contribution in [2.45, 2.75) is 6.92 Å². The number of likely N-dealkylation sites (N-methyl/N-ethyl adjacent to an activating group) is 2. The quantitative estimate of drug-likeness (QED) is 0.833. The molecule has 5 nitrogen and oxygen atoms in total. The largest absolute Gasteiger partial charge is 0.397 e. The highest BCUT2D eigenvalue weighted by atomic mass is 35.5. The first-order chi connectivity index (χ1) is 8.90. The number of hydrogen-bond donors (Lipinski definition) is 2. The third kappa shape index (κ3) is 3.75. The molecule has 0 spiro atoms. The molecule has 0 atom stereocenters. The number of nitrogens with zero attached hydrogens (tertiary/aromatic N) is 1. The summed E-state index contributed by atoms with van der Waals surface area (Å²) in [6, 6.07) is 2.89. The molecule has 104 valence electrons. The van der Waals surface area contributed by atoms with Gasteiger partial charge in [0.05, 0.1) is 22.3 Å². The van der Waals surface area contributed by atoms with Crippen LogP contribution in [0.5, 0.6) is 0 Å². The number of benzene rings is 1. The Hall–Kier alpha value is -1.46. The van der Waals surface area contributed by atoms with E-state index >= 15 is 0 Å². The summed E-state index contributed by atoms with van der Waals surface area (Å²) in [6.07, 6.45) is 0. The Bertz CT molecular complexity index is 483. The summed E-state index contributed by atoms with van der Waals surface area (Å²) in [5.74, 6) is -0.570. The summed E-state index contributed by atoms with van der Waals surface area (Å²) in [5.41, 5.74) is 6.20. The maximum absolute atomic E-state index is 12.2. The Balaban J connectivity index is 3.01. The molecule has 0 aliphatic carbocycles. The molecule has 0 aliphatic rings. The monoisotopic (exact) mass is 303 g/mol. The fraction of sp³-hybridized carbons (Fsp3) is 0.333. The van der Waals surface area contributed by atoms with Gasteiger partial charge >= 0.3 is 0 Å². The molecule has 1 rings (SSSR count). The summed E-state index contributed by atoms with van der Waals surface area (Å²) in [7, 11) is 1.51. The molecule has 2 amide bonds. The summed E-state index contributed by atoms with van der Waals surface area (Å²) < 4.78 is 0. The maximum atomic E-state index is 12.2. The summed E-state index contributed by atoms with van der Waals surface area (Å²) >= 11 is 11.7. The number of carbonyl (C=O) groups is 2. The second kappa shape index (κ2) is 6.63. The van der Waals surface area contributed by atoms with Crippen LogP contribution in [0, 0.1) is 0 Å². The molecule has 0 fully saturated rings. The maximum Gasteiger partial charge on any atom is 0.254 e. The molecule has 0 aliphatic heterocycles. The number of hydrogen-bond acceptors (Lipinski definition) is 3. The minimum atomic E-state index is -0.323. The summed E-state index contributed by atoms with van der Waals surface area (Å²) in [4.78, 5) is 24.9. The van der Waals surface area contributed by atoms with Gasteiger partial charge in [0.25, 0.3) is 5.91 Å². The topological polar surface area (TPSA) is 75.4 Å². The number of amides is 2. The van der Waals surface area contributed by atoms with Gasteiger partial charge in [-0.2, -0.15) is 0 Å². The standard InChI is InChI=1S/C12H15Cl2N3O2/c1-3-17(6-10(18)16-2)12(19)7-4-8(13)11(14)9(15)5-7/h4-5H,3,6,15H2,1-2H3,(H,16,18). The zero-order chi connectivity index (χ0) is 14.6. The molecule has 0 unspecified atom stereocenters. The number of anilines is 1. The van der Waals surface area contributed by atoms with Crippen molar-refractivity contribution in [2.24, 2.45) is 0 Å². The van der Waals surface area contributed by atoms with Gasteiger partial charge in [-0.1, -0.05) is 23.2 Å². The molecule has 7 heteroatoms. The van der Waals surface area contributed by atoms with Gasteiger partial charge in [-0.3, -0.25) is 9.59 Å². The fourth-order valence-electron chi connectivity index (χ4n) is 1.50. The van der Waals surface area contributed by atoms with Crippen LogP contribution in [0.3, 0.4) is 0 Å². The third-order valence-corrected chi connectivity index (χ3v) is 3.40. The Morgan fingerprint density at radius 3 is 2.47 bits per heavy atom. The van der Waals surface area contributed by atoms with Gasteiger partial charge in [-0.05, 0) is 19.1 Å². The molecule has 0 heterocycles. The second-order valence-corrected chi connectivity index (χ2v) is 4.64. The lowest BCUT2D eigenvalue weighted by atomic mass is 10.1. The highest BCUT2D eigenvalue weighted by Gasteiger charge is 2.18. The number of rotatable bonds is 4. The van der Waals surface area contributed by atoms with Crippen LogP contribution in [0.15, 0.2) is 12.1 Å². The lowest BCUT2D eigenvalue weighted by molar-refractivity contribution is -0.121. The summed E-state index contributed by atoms with van der Waals surface area (Å²) in [6.45, 7) is 2.15. The van der Waals surface area contributed by atoms with Crippen LogP contribution < -0.4 is 11.1 Å². The van der Waals surface area contributed by atoms with E-state index in [2.05, 4.69) is 5.32 Å². The van der Waals surface area contributed by atoms with Crippen LogP contribution in [0.4, 0.5) is 5.69 Å². The van der Waals surface area contributed by atoms with Crippen LogP contribution in [0.25, 0.3) is 0 Å². The van der Waals surface area contributed by atoms with Gasteiger partial charge in [0.2, 0.25) is 5.91 Å². The van der Waals surface area contributed by atoms with E-state index in [9.17, 15) is 9.59 Å². The molecule has 0 radical (unpaired) electrons. The zero-order valence-electron chi connectivity index (χ0n) is 10.7. The first-order valence-electron chi connectivity index (χ1n) is 5.65. The predicted molar refractivity (Wildman–Crippen MR) is 76.5 cm³/mol. The van der Waals surface area contributed by atoms with Crippen molar-refractivity contribution in [1.82, 2.24) is 10.2 Å². The van der Waals surface area contributed by atoms with E-state index in [1.165, 1.54) is 24.1 Å². The smallest absolute Gasteiger partial charge is 0.254 e. The van der Waals surface area contributed by atoms with Crippen molar-refractivity contribution in [3.8, 4) is 0 Å². The molecule has 1 aromatic carbocycles. The van der Waals surface area contributed by atoms with E-state index in [-0.39, 0.29) is 34.1 Å². The third-order valence-electron chi connectivity index (χ3n) is 2.59. The minimum Gasteiger partial charge on any atom is -0.397 e. The Labute approximate surface area is 121 Å². The highest BCUT2D eigenvalue weighted by molar-refractivity contribution is 6.43. The molecule has 0 saturated heterocycles. The van der Waals surface area contributed by atoms with E-state index in [0.717, 1.165) is 0 Å². The lowest BCUT2D eigenvalue weighted by Crippen LogP contribution is -2.39. The zero-order valence-corrected chi connectivity index (χ0v) is 12.2. The van der Waals surface area contributed by atoms with Crippen LogP contribution in [0.1, 0.15) is 17.3 Å². The van der Waals surface area contributed by atoms with E-state index in [1.54, 1.807) is 6.92 Å². The predicted octanol–water partition coefficient (Wildman–Crippen LogP) is 1.78. The molecular weight excluding hydrogens is 289 g/mol. The van der Waals surface area contributed by atoms with Gasteiger partial charge in [-0.25, -0.2) is 0 Å². The Kier molecular flexibility index (Phi) is 5.44. The fourth-order valence-corrected chi connectivity index (χ4v) is 1.83. The van der Waals surface area contributed by atoms with Crippen LogP contribution in [-0.4, -0.2) is 36.9 Å². The van der Waals surface area contributed by atoms with Gasteiger partial charge in [0.15, 0.2) is 0 Å². The van der Waals surface area contributed by atoms with Gasteiger partial charge in [0.1, 0.15) is 0 Å². The van der Waals surface area contributed by atoms with Crippen molar-refractivity contribution in [1.29, 1.82) is 0 Å².